The van der Waals surface area contributed by atoms with Crippen molar-refractivity contribution in [1.29, 1.82) is 5.26 Å². The van der Waals surface area contributed by atoms with Crippen LogP contribution >= 0.6 is 0 Å². The lowest BCUT2D eigenvalue weighted by Crippen LogP contribution is -2.50. The highest BCUT2D eigenvalue weighted by molar-refractivity contribution is 6.10. The number of nitriles is 1. The number of Topliss-reactive ketones (excluding diaryl/α,β-unsaturated/α-hetero) is 3. The predicted molar refractivity (Wildman–Crippen MR) is 93.8 cm³/mol. The Hall–Kier alpha value is -2.28. The van der Waals surface area contributed by atoms with E-state index in [0.717, 1.165) is 24.8 Å². The highest BCUT2D eigenvalue weighted by Crippen LogP contribution is 2.57. The lowest BCUT2D eigenvalue weighted by molar-refractivity contribution is 0.0555. The second kappa shape index (κ2) is 5.62. The smallest absolute Gasteiger partial charge is 0.163 e. The van der Waals surface area contributed by atoms with E-state index < -0.39 is 5.41 Å². The number of rotatable bonds is 2. The summed E-state index contributed by atoms with van der Waals surface area (Å²) in [6.07, 6.45) is 2.91. The van der Waals surface area contributed by atoms with Gasteiger partial charge in [-0.15, -0.1) is 0 Å². The summed E-state index contributed by atoms with van der Waals surface area (Å²) in [5.74, 6) is -0.483. The van der Waals surface area contributed by atoms with Crippen molar-refractivity contribution in [1.82, 2.24) is 0 Å². The summed E-state index contributed by atoms with van der Waals surface area (Å²) in [7, 11) is 0. The van der Waals surface area contributed by atoms with Crippen molar-refractivity contribution in [3.05, 3.63) is 34.4 Å². The minimum atomic E-state index is -0.546. The molecule has 0 radical (unpaired) electrons. The number of hydrogen-bond donors (Lipinski definition) is 0. The Balaban J connectivity index is 2.29. The van der Waals surface area contributed by atoms with Crippen LogP contribution in [0.5, 0.6) is 0 Å². The fourth-order valence-corrected chi connectivity index (χ4v) is 4.96. The zero-order valence-corrected chi connectivity index (χ0v) is 15.2. The Morgan fingerprint density at radius 2 is 1.72 bits per heavy atom. The van der Waals surface area contributed by atoms with Crippen LogP contribution in [-0.2, 0) is 5.41 Å². The van der Waals surface area contributed by atoms with Gasteiger partial charge in [-0.3, -0.25) is 14.4 Å². The number of carbonyl (C=O) groups is 3. The molecule has 3 atom stereocenters. The molecule has 1 aromatic rings. The van der Waals surface area contributed by atoms with Crippen LogP contribution in [0.1, 0.15) is 90.0 Å². The van der Waals surface area contributed by atoms with Gasteiger partial charge in [0.25, 0.3) is 0 Å². The summed E-state index contributed by atoms with van der Waals surface area (Å²) in [5, 5.41) is 9.74. The van der Waals surface area contributed by atoms with Gasteiger partial charge in [-0.1, -0.05) is 13.3 Å². The first-order valence-corrected chi connectivity index (χ1v) is 8.79. The monoisotopic (exact) mass is 337 g/mol. The van der Waals surface area contributed by atoms with Gasteiger partial charge in [-0.2, -0.15) is 5.26 Å². The molecule has 1 fully saturated rings. The fourth-order valence-electron chi connectivity index (χ4n) is 4.96. The standard InChI is InChI=1S/C21H23NO3/c1-12(23)14-8-16-17(9-15(14)13(2)24)21(4)7-5-6-20(3,11-22)19(21)10-18(16)25/h8-9,19H,5-7,10H2,1-4H3. The van der Waals surface area contributed by atoms with Crippen molar-refractivity contribution in [2.45, 2.75) is 58.8 Å². The summed E-state index contributed by atoms with van der Waals surface area (Å²) in [6, 6.07) is 5.81. The molecule has 4 nitrogen and oxygen atoms in total. The zero-order chi connectivity index (χ0) is 18.6. The highest BCUT2D eigenvalue weighted by Gasteiger charge is 2.54. The van der Waals surface area contributed by atoms with Gasteiger partial charge >= 0.3 is 0 Å². The van der Waals surface area contributed by atoms with E-state index in [2.05, 4.69) is 13.0 Å². The molecule has 2 aliphatic carbocycles. The fraction of sp³-hybridized carbons (Fsp3) is 0.524. The first kappa shape index (κ1) is 17.5. The van der Waals surface area contributed by atoms with Crippen molar-refractivity contribution < 1.29 is 14.4 Å². The molecule has 1 saturated carbocycles. The molecular weight excluding hydrogens is 314 g/mol. The Bertz CT molecular complexity index is 847. The average molecular weight is 337 g/mol. The summed E-state index contributed by atoms with van der Waals surface area (Å²) >= 11 is 0. The van der Waals surface area contributed by atoms with E-state index in [1.165, 1.54) is 13.8 Å². The zero-order valence-electron chi connectivity index (χ0n) is 15.2. The Kier molecular flexibility index (Phi) is 3.95. The van der Waals surface area contributed by atoms with E-state index in [9.17, 15) is 19.6 Å². The molecule has 25 heavy (non-hydrogen) atoms. The van der Waals surface area contributed by atoms with Gasteiger partial charge in [-0.25, -0.2) is 0 Å². The van der Waals surface area contributed by atoms with Crippen molar-refractivity contribution in [3.63, 3.8) is 0 Å². The van der Waals surface area contributed by atoms with Crippen molar-refractivity contribution in [2.75, 3.05) is 0 Å². The summed E-state index contributed by atoms with van der Waals surface area (Å²) in [5.41, 5.74) is 1.22. The Morgan fingerprint density at radius 3 is 2.28 bits per heavy atom. The molecule has 0 aromatic heterocycles. The number of fused-ring (bicyclic) bond motifs is 3. The minimum Gasteiger partial charge on any atom is -0.294 e. The number of benzene rings is 1. The molecule has 2 aliphatic rings. The molecule has 0 aliphatic heterocycles. The Morgan fingerprint density at radius 1 is 1.12 bits per heavy atom. The molecule has 0 saturated heterocycles. The van der Waals surface area contributed by atoms with Crippen molar-refractivity contribution >= 4 is 17.3 Å². The SMILES string of the molecule is CC(=O)c1cc2c(cc1C(C)=O)C1(C)CCCC(C)(C#N)C1CC2=O. The van der Waals surface area contributed by atoms with Gasteiger partial charge in [0.15, 0.2) is 17.3 Å². The maximum Gasteiger partial charge on any atom is 0.163 e. The summed E-state index contributed by atoms with van der Waals surface area (Å²) < 4.78 is 0. The first-order valence-electron chi connectivity index (χ1n) is 8.79. The van der Waals surface area contributed by atoms with Crippen molar-refractivity contribution in [2.24, 2.45) is 11.3 Å². The van der Waals surface area contributed by atoms with Crippen LogP contribution in [0, 0.1) is 22.7 Å². The molecular formula is C21H23NO3. The van der Waals surface area contributed by atoms with Crippen LogP contribution in [0.2, 0.25) is 0 Å². The van der Waals surface area contributed by atoms with E-state index in [0.29, 0.717) is 23.1 Å². The third-order valence-electron chi connectivity index (χ3n) is 6.41. The molecule has 3 unspecified atom stereocenters. The van der Waals surface area contributed by atoms with Crippen LogP contribution in [0.25, 0.3) is 0 Å². The van der Waals surface area contributed by atoms with E-state index in [-0.39, 0.29) is 28.7 Å². The van der Waals surface area contributed by atoms with Crippen molar-refractivity contribution in [3.8, 4) is 6.07 Å². The predicted octanol–water partition coefficient (Wildman–Crippen LogP) is 4.27. The largest absolute Gasteiger partial charge is 0.294 e. The van der Waals surface area contributed by atoms with Gasteiger partial charge in [-0.05, 0) is 62.6 Å². The quantitative estimate of drug-likeness (QED) is 0.755. The third-order valence-corrected chi connectivity index (χ3v) is 6.41. The molecule has 4 heteroatoms. The second-order valence-electron chi connectivity index (χ2n) is 8.04. The molecule has 0 N–H and O–H groups in total. The van der Waals surface area contributed by atoms with Gasteiger partial charge in [0, 0.05) is 23.1 Å². The van der Waals surface area contributed by atoms with E-state index in [1.807, 2.05) is 6.92 Å². The topological polar surface area (TPSA) is 75.0 Å². The lowest BCUT2D eigenvalue weighted by Gasteiger charge is -2.52. The van der Waals surface area contributed by atoms with Crippen LogP contribution in [0.15, 0.2) is 12.1 Å². The molecule has 130 valence electrons. The maximum atomic E-state index is 12.8. The highest BCUT2D eigenvalue weighted by atomic mass is 16.1. The maximum absolute atomic E-state index is 12.8. The molecule has 1 aromatic carbocycles. The number of nitrogens with zero attached hydrogens (tertiary/aromatic N) is 1. The molecule has 3 rings (SSSR count). The number of ketones is 3. The van der Waals surface area contributed by atoms with Gasteiger partial charge < -0.3 is 0 Å². The van der Waals surface area contributed by atoms with Crippen LogP contribution in [0.4, 0.5) is 0 Å². The van der Waals surface area contributed by atoms with Gasteiger partial charge in [0.1, 0.15) is 0 Å². The van der Waals surface area contributed by atoms with Crippen LogP contribution < -0.4 is 0 Å². The first-order chi connectivity index (χ1) is 11.6. The molecule has 0 amide bonds. The molecule has 0 heterocycles. The molecule has 0 spiro atoms. The number of hydrogen-bond acceptors (Lipinski definition) is 4. The van der Waals surface area contributed by atoms with E-state index in [4.69, 9.17) is 0 Å². The minimum absolute atomic E-state index is 0.0292. The Labute approximate surface area is 148 Å². The third kappa shape index (κ3) is 2.45. The van der Waals surface area contributed by atoms with Gasteiger partial charge in [0.05, 0.1) is 11.5 Å². The van der Waals surface area contributed by atoms with E-state index >= 15 is 0 Å². The lowest BCUT2D eigenvalue weighted by atomic mass is 9.50. The molecule has 0 bridgehead atoms. The second-order valence-corrected chi connectivity index (χ2v) is 8.04. The van der Waals surface area contributed by atoms with Crippen LogP contribution in [-0.4, -0.2) is 17.3 Å². The van der Waals surface area contributed by atoms with Gasteiger partial charge in [0.2, 0.25) is 0 Å². The summed E-state index contributed by atoms with van der Waals surface area (Å²) in [6.45, 7) is 6.91. The van der Waals surface area contributed by atoms with Crippen LogP contribution in [0.3, 0.4) is 0 Å². The average Bonchev–Trinajstić information content (AvgIpc) is 2.56. The normalized spacial score (nSPS) is 30.8. The van der Waals surface area contributed by atoms with E-state index in [1.54, 1.807) is 12.1 Å². The summed E-state index contributed by atoms with van der Waals surface area (Å²) in [4.78, 5) is 36.9. The number of carbonyl (C=O) groups excluding carboxylic acids is 3.